The Morgan fingerprint density at radius 3 is 1.94 bits per heavy atom. The Labute approximate surface area is 99.3 Å². The number of hydrogen-bond acceptors (Lipinski definition) is 4. The molecule has 2 atom stereocenters. The van der Waals surface area contributed by atoms with Crippen molar-refractivity contribution in [1.82, 2.24) is 0 Å². The first kappa shape index (κ1) is 10.9. The van der Waals surface area contributed by atoms with Crippen molar-refractivity contribution in [2.24, 2.45) is 22.7 Å². The van der Waals surface area contributed by atoms with Crippen LogP contribution in [0.5, 0.6) is 0 Å². The molecule has 17 heavy (non-hydrogen) atoms. The largest absolute Gasteiger partial charge is 0.196 e. The lowest BCUT2D eigenvalue weighted by Gasteiger charge is -2.40. The summed E-state index contributed by atoms with van der Waals surface area (Å²) >= 11 is 0. The summed E-state index contributed by atoms with van der Waals surface area (Å²) in [6, 6.07) is 7.71. The van der Waals surface area contributed by atoms with Gasteiger partial charge in [0.05, 0.1) is 24.3 Å². The molecular weight excluding hydrogens is 212 g/mol. The summed E-state index contributed by atoms with van der Waals surface area (Å²) in [5.74, 6) is -0.887. The zero-order valence-corrected chi connectivity index (χ0v) is 8.96. The monoisotopic (exact) mass is 220 g/mol. The summed E-state index contributed by atoms with van der Waals surface area (Å²) in [7, 11) is 0. The Hall–Kier alpha value is -2.56. The lowest BCUT2D eigenvalue weighted by molar-refractivity contribution is 0.187. The van der Waals surface area contributed by atoms with E-state index in [2.05, 4.69) is 0 Å². The number of nitriles is 4. The minimum atomic E-state index is -1.61. The van der Waals surface area contributed by atoms with E-state index in [-0.39, 0.29) is 0 Å². The van der Waals surface area contributed by atoms with Crippen molar-refractivity contribution >= 4 is 0 Å². The Kier molecular flexibility index (Phi) is 2.24. The normalized spacial score (nSPS) is 30.4. The van der Waals surface area contributed by atoms with E-state index in [0.29, 0.717) is 6.42 Å². The summed E-state index contributed by atoms with van der Waals surface area (Å²) in [6.07, 6.45) is 7.64. The van der Waals surface area contributed by atoms with E-state index < -0.39 is 22.7 Å². The minimum absolute atomic E-state index is 0.396. The van der Waals surface area contributed by atoms with Gasteiger partial charge < -0.3 is 0 Å². The highest BCUT2D eigenvalue weighted by Gasteiger charge is 2.63. The minimum Gasteiger partial charge on any atom is -0.196 e. The Morgan fingerprint density at radius 1 is 0.824 bits per heavy atom. The van der Waals surface area contributed by atoms with Gasteiger partial charge in [-0.2, -0.15) is 21.0 Å². The van der Waals surface area contributed by atoms with Gasteiger partial charge in [0.25, 0.3) is 0 Å². The number of nitrogens with zero attached hydrogens (tertiary/aromatic N) is 4. The molecule has 0 N–H and O–H groups in total. The average Bonchev–Trinajstić information content (AvgIpc) is 2.69. The highest BCUT2D eigenvalue weighted by molar-refractivity contribution is 5.45. The molecule has 0 aromatic rings. The van der Waals surface area contributed by atoms with E-state index in [1.807, 2.05) is 30.4 Å². The van der Waals surface area contributed by atoms with E-state index in [1.165, 1.54) is 0 Å². The summed E-state index contributed by atoms with van der Waals surface area (Å²) in [5, 5.41) is 37.4. The third-order valence-corrected chi connectivity index (χ3v) is 3.67. The molecule has 0 heterocycles. The van der Waals surface area contributed by atoms with E-state index in [0.717, 1.165) is 0 Å². The van der Waals surface area contributed by atoms with Crippen molar-refractivity contribution in [2.45, 2.75) is 6.42 Å². The highest BCUT2D eigenvalue weighted by Crippen LogP contribution is 2.56. The predicted octanol–water partition coefficient (Wildman–Crippen LogP) is 1.82. The molecule has 3 aliphatic rings. The maximum atomic E-state index is 9.35. The van der Waals surface area contributed by atoms with Gasteiger partial charge in [0.15, 0.2) is 10.8 Å². The third kappa shape index (κ3) is 1.02. The number of allylic oxidation sites excluding steroid dienone is 4. The quantitative estimate of drug-likeness (QED) is 0.581. The second-order valence-corrected chi connectivity index (χ2v) is 4.24. The average molecular weight is 220 g/mol. The molecule has 2 bridgehead atoms. The molecule has 0 amide bonds. The van der Waals surface area contributed by atoms with Gasteiger partial charge in [-0.3, -0.25) is 0 Å². The van der Waals surface area contributed by atoms with Crippen LogP contribution in [-0.2, 0) is 0 Å². The van der Waals surface area contributed by atoms with E-state index >= 15 is 0 Å². The van der Waals surface area contributed by atoms with E-state index in [9.17, 15) is 21.0 Å². The van der Waals surface area contributed by atoms with Gasteiger partial charge in [-0.1, -0.05) is 24.3 Å². The van der Waals surface area contributed by atoms with Crippen LogP contribution in [0, 0.1) is 68.0 Å². The first-order valence-corrected chi connectivity index (χ1v) is 5.20. The summed E-state index contributed by atoms with van der Waals surface area (Å²) < 4.78 is 0. The van der Waals surface area contributed by atoms with Crippen LogP contribution < -0.4 is 0 Å². The standard InChI is InChI=1S/C13H8N4/c14-6-12(7-15)10-2-1-3-11(5-4-10)13(12,8-16)9-17/h1-2,4-5,10-11H,3H2. The van der Waals surface area contributed by atoms with Crippen LogP contribution in [0.4, 0.5) is 0 Å². The summed E-state index contributed by atoms with van der Waals surface area (Å²) in [4.78, 5) is 0. The first-order chi connectivity index (χ1) is 8.20. The second kappa shape index (κ2) is 3.48. The SMILES string of the molecule is N#CC1(C#N)C2C=CCC(C=C2)C1(C#N)C#N. The third-order valence-electron chi connectivity index (χ3n) is 3.67. The van der Waals surface area contributed by atoms with Gasteiger partial charge in [-0.25, -0.2) is 0 Å². The maximum Gasteiger partial charge on any atom is 0.185 e. The Bertz CT molecular complexity index is 543. The molecule has 0 aromatic heterocycles. The fourth-order valence-electron chi connectivity index (χ4n) is 2.65. The van der Waals surface area contributed by atoms with Gasteiger partial charge >= 0.3 is 0 Å². The molecule has 0 saturated heterocycles. The fraction of sp³-hybridized carbons (Fsp3) is 0.385. The molecule has 4 nitrogen and oxygen atoms in total. The summed E-state index contributed by atoms with van der Waals surface area (Å²) in [5.41, 5.74) is -3.19. The predicted molar refractivity (Wildman–Crippen MR) is 57.2 cm³/mol. The van der Waals surface area contributed by atoms with Crippen LogP contribution in [-0.4, -0.2) is 0 Å². The number of hydrogen-bond donors (Lipinski definition) is 0. The molecule has 0 radical (unpaired) electrons. The zero-order chi connectivity index (χ0) is 12.5. The van der Waals surface area contributed by atoms with E-state index in [1.54, 1.807) is 18.2 Å². The summed E-state index contributed by atoms with van der Waals surface area (Å²) in [6.45, 7) is 0. The molecule has 0 fully saturated rings. The highest BCUT2D eigenvalue weighted by atomic mass is 14.6. The van der Waals surface area contributed by atoms with Crippen molar-refractivity contribution in [3.05, 3.63) is 24.3 Å². The molecule has 0 aromatic carbocycles. The van der Waals surface area contributed by atoms with Crippen LogP contribution in [0.2, 0.25) is 0 Å². The molecule has 0 aliphatic heterocycles. The van der Waals surface area contributed by atoms with Crippen LogP contribution in [0.25, 0.3) is 0 Å². The number of rotatable bonds is 0. The molecule has 0 saturated carbocycles. The topological polar surface area (TPSA) is 95.2 Å². The van der Waals surface area contributed by atoms with Gasteiger partial charge in [-0.05, 0) is 6.42 Å². The van der Waals surface area contributed by atoms with Crippen molar-refractivity contribution in [1.29, 1.82) is 21.0 Å². The van der Waals surface area contributed by atoms with Crippen molar-refractivity contribution in [3.8, 4) is 24.3 Å². The van der Waals surface area contributed by atoms with Gasteiger partial charge in [-0.15, -0.1) is 0 Å². The lowest BCUT2D eigenvalue weighted by atomic mass is 9.53. The number of fused-ring (bicyclic) bond motifs is 2. The first-order valence-electron chi connectivity index (χ1n) is 5.20. The second-order valence-electron chi connectivity index (χ2n) is 4.24. The van der Waals surface area contributed by atoms with Crippen LogP contribution in [0.1, 0.15) is 6.42 Å². The molecule has 2 unspecified atom stereocenters. The fourth-order valence-corrected chi connectivity index (χ4v) is 2.65. The molecular formula is C13H8N4. The molecule has 80 valence electrons. The van der Waals surface area contributed by atoms with E-state index in [4.69, 9.17) is 0 Å². The Morgan fingerprint density at radius 2 is 1.41 bits per heavy atom. The smallest absolute Gasteiger partial charge is 0.185 e. The molecule has 0 spiro atoms. The Balaban J connectivity index is 2.81. The molecule has 4 heteroatoms. The van der Waals surface area contributed by atoms with Crippen molar-refractivity contribution < 1.29 is 0 Å². The van der Waals surface area contributed by atoms with Crippen molar-refractivity contribution in [2.75, 3.05) is 0 Å². The van der Waals surface area contributed by atoms with Crippen molar-refractivity contribution in [3.63, 3.8) is 0 Å². The molecule has 3 rings (SSSR count). The van der Waals surface area contributed by atoms with Crippen LogP contribution in [0.15, 0.2) is 24.3 Å². The van der Waals surface area contributed by atoms with Crippen LogP contribution >= 0.6 is 0 Å². The zero-order valence-electron chi connectivity index (χ0n) is 8.96. The van der Waals surface area contributed by atoms with Crippen LogP contribution in [0.3, 0.4) is 0 Å². The maximum absolute atomic E-state index is 9.35. The van der Waals surface area contributed by atoms with Gasteiger partial charge in [0, 0.05) is 11.8 Å². The van der Waals surface area contributed by atoms with Gasteiger partial charge in [0.1, 0.15) is 0 Å². The molecule has 3 aliphatic carbocycles. The van der Waals surface area contributed by atoms with Gasteiger partial charge in [0.2, 0.25) is 0 Å². The lowest BCUT2D eigenvalue weighted by Crippen LogP contribution is -2.48.